The summed E-state index contributed by atoms with van der Waals surface area (Å²) in [6.07, 6.45) is -0.982. The molecule has 2 N–H and O–H groups in total. The Kier molecular flexibility index (Phi) is 4.14. The average Bonchev–Trinajstić information content (AvgIpc) is 2.13. The molecule has 92 valence electrons. The number of hydrogen-bond donors (Lipinski definition) is 2. The summed E-state index contributed by atoms with van der Waals surface area (Å²) in [5.41, 5.74) is 0.0345. The van der Waals surface area contributed by atoms with Crippen LogP contribution < -0.4 is 0 Å². The Bertz CT molecular complexity index is 409. The molecule has 0 aliphatic heterocycles. The van der Waals surface area contributed by atoms with Crippen LogP contribution in [-0.4, -0.2) is 22.2 Å². The molecule has 0 heterocycles. The fourth-order valence-corrected chi connectivity index (χ4v) is 1.54. The summed E-state index contributed by atoms with van der Waals surface area (Å²) in [6.45, 7) is 0. The Hall–Kier alpha value is -1.98. The molecular weight excluding hydrogens is 234 g/mol. The maximum atomic E-state index is 12.9. The van der Waals surface area contributed by atoms with E-state index in [1.807, 2.05) is 0 Å². The fourth-order valence-electron chi connectivity index (χ4n) is 1.54. The Labute approximate surface area is 95.5 Å². The fraction of sp³-hybridized carbons (Fsp3) is 0.273. The first-order chi connectivity index (χ1) is 7.88. The summed E-state index contributed by atoms with van der Waals surface area (Å²) >= 11 is 0. The highest BCUT2D eigenvalue weighted by molar-refractivity contribution is 5.72. The van der Waals surface area contributed by atoms with Gasteiger partial charge in [-0.15, -0.1) is 0 Å². The maximum absolute atomic E-state index is 12.9. The zero-order chi connectivity index (χ0) is 13.0. The van der Waals surface area contributed by atoms with Gasteiger partial charge in [0.25, 0.3) is 0 Å². The molecule has 1 aromatic rings. The zero-order valence-corrected chi connectivity index (χ0v) is 8.69. The highest BCUT2D eigenvalue weighted by Gasteiger charge is 2.20. The first kappa shape index (κ1) is 13.1. The number of halogens is 2. The van der Waals surface area contributed by atoms with Gasteiger partial charge in [-0.1, -0.05) is 0 Å². The first-order valence-electron chi connectivity index (χ1n) is 4.78. The minimum Gasteiger partial charge on any atom is -0.481 e. The van der Waals surface area contributed by atoms with E-state index in [1.54, 1.807) is 0 Å². The summed E-state index contributed by atoms with van der Waals surface area (Å²) in [5.74, 6) is -5.11. The lowest BCUT2D eigenvalue weighted by molar-refractivity contribution is -0.139. The zero-order valence-electron chi connectivity index (χ0n) is 8.69. The van der Waals surface area contributed by atoms with Crippen molar-refractivity contribution < 1.29 is 28.6 Å². The van der Waals surface area contributed by atoms with Gasteiger partial charge < -0.3 is 10.2 Å². The Morgan fingerprint density at radius 3 is 1.76 bits per heavy atom. The lowest BCUT2D eigenvalue weighted by Gasteiger charge is -2.13. The van der Waals surface area contributed by atoms with E-state index in [9.17, 15) is 18.4 Å². The second-order valence-electron chi connectivity index (χ2n) is 3.60. The molecule has 1 rings (SSSR count). The molecule has 1 aromatic carbocycles. The molecule has 17 heavy (non-hydrogen) atoms. The molecule has 0 fully saturated rings. The van der Waals surface area contributed by atoms with Crippen molar-refractivity contribution in [3.8, 4) is 0 Å². The topological polar surface area (TPSA) is 74.6 Å². The van der Waals surface area contributed by atoms with E-state index in [0.717, 1.165) is 12.1 Å². The number of carboxylic acid groups (broad SMARTS) is 2. The quantitative estimate of drug-likeness (QED) is 0.830. The summed E-state index contributed by atoms with van der Waals surface area (Å²) in [6, 6.07) is 2.53. The van der Waals surface area contributed by atoms with Crippen LogP contribution in [0.25, 0.3) is 0 Å². The van der Waals surface area contributed by atoms with Crippen LogP contribution in [0.5, 0.6) is 0 Å². The molecule has 0 spiro atoms. The van der Waals surface area contributed by atoms with E-state index in [1.165, 1.54) is 0 Å². The largest absolute Gasteiger partial charge is 0.481 e. The SMILES string of the molecule is O=C(O)CC(CC(=O)O)c1cc(F)cc(F)c1. The monoisotopic (exact) mass is 244 g/mol. The van der Waals surface area contributed by atoms with Crippen LogP contribution in [0.4, 0.5) is 8.78 Å². The van der Waals surface area contributed by atoms with Crippen LogP contribution in [-0.2, 0) is 9.59 Å². The molecule has 0 amide bonds. The van der Waals surface area contributed by atoms with Crippen molar-refractivity contribution >= 4 is 11.9 Å². The summed E-state index contributed by atoms with van der Waals surface area (Å²) in [5, 5.41) is 17.2. The van der Waals surface area contributed by atoms with Crippen molar-refractivity contribution in [2.75, 3.05) is 0 Å². The molecule has 6 heteroatoms. The minimum absolute atomic E-state index is 0.0345. The molecule has 0 atom stereocenters. The molecule has 0 saturated heterocycles. The summed E-state index contributed by atoms with van der Waals surface area (Å²) in [4.78, 5) is 21.1. The number of carbonyl (C=O) groups is 2. The molecule has 0 aliphatic carbocycles. The molecule has 0 saturated carbocycles. The van der Waals surface area contributed by atoms with Crippen LogP contribution in [0.3, 0.4) is 0 Å². The van der Waals surface area contributed by atoms with Crippen molar-refractivity contribution in [3.05, 3.63) is 35.4 Å². The van der Waals surface area contributed by atoms with E-state index in [2.05, 4.69) is 0 Å². The van der Waals surface area contributed by atoms with E-state index in [4.69, 9.17) is 10.2 Å². The van der Waals surface area contributed by atoms with Crippen LogP contribution in [0.15, 0.2) is 18.2 Å². The second-order valence-corrected chi connectivity index (χ2v) is 3.60. The lowest BCUT2D eigenvalue weighted by Crippen LogP contribution is -2.11. The highest BCUT2D eigenvalue weighted by Crippen LogP contribution is 2.25. The van der Waals surface area contributed by atoms with Gasteiger partial charge in [-0.3, -0.25) is 9.59 Å². The first-order valence-corrected chi connectivity index (χ1v) is 4.78. The summed E-state index contributed by atoms with van der Waals surface area (Å²) in [7, 11) is 0. The maximum Gasteiger partial charge on any atom is 0.303 e. The minimum atomic E-state index is -1.22. The molecule has 0 radical (unpaired) electrons. The van der Waals surface area contributed by atoms with Gasteiger partial charge in [0.2, 0.25) is 0 Å². The Balaban J connectivity index is 3.02. The number of benzene rings is 1. The molecule has 4 nitrogen and oxygen atoms in total. The van der Waals surface area contributed by atoms with E-state index >= 15 is 0 Å². The Morgan fingerprint density at radius 2 is 1.41 bits per heavy atom. The third-order valence-electron chi connectivity index (χ3n) is 2.20. The number of rotatable bonds is 5. The van der Waals surface area contributed by atoms with Crippen molar-refractivity contribution in [2.24, 2.45) is 0 Å². The van der Waals surface area contributed by atoms with Crippen molar-refractivity contribution in [2.45, 2.75) is 18.8 Å². The van der Waals surface area contributed by atoms with Gasteiger partial charge in [-0.2, -0.15) is 0 Å². The number of aliphatic carboxylic acids is 2. The van der Waals surface area contributed by atoms with Crippen LogP contribution >= 0.6 is 0 Å². The third kappa shape index (κ3) is 4.18. The third-order valence-corrected chi connectivity index (χ3v) is 2.20. The smallest absolute Gasteiger partial charge is 0.303 e. The molecular formula is C11H10F2O4. The lowest BCUT2D eigenvalue weighted by atomic mass is 9.92. The predicted octanol–water partition coefficient (Wildman–Crippen LogP) is 2.00. The number of hydrogen-bond acceptors (Lipinski definition) is 2. The van der Waals surface area contributed by atoms with Crippen LogP contribution in [0.1, 0.15) is 24.3 Å². The van der Waals surface area contributed by atoms with Gasteiger partial charge in [0, 0.05) is 12.0 Å². The standard InChI is InChI=1S/C11H10F2O4/c12-8-1-6(2-9(13)5-8)7(3-10(14)15)4-11(16)17/h1-2,5,7H,3-4H2,(H,14,15)(H,16,17). The van der Waals surface area contributed by atoms with Gasteiger partial charge >= 0.3 is 11.9 Å². The predicted molar refractivity (Wildman–Crippen MR) is 53.6 cm³/mol. The van der Waals surface area contributed by atoms with Crippen molar-refractivity contribution in [1.29, 1.82) is 0 Å². The van der Waals surface area contributed by atoms with Crippen LogP contribution in [0, 0.1) is 11.6 Å². The second kappa shape index (κ2) is 5.38. The molecule has 0 unspecified atom stereocenters. The Morgan fingerprint density at radius 1 is 1.00 bits per heavy atom. The summed E-state index contributed by atoms with van der Waals surface area (Å²) < 4.78 is 25.9. The van der Waals surface area contributed by atoms with Gasteiger partial charge in [-0.05, 0) is 17.7 Å². The number of carboxylic acids is 2. The van der Waals surface area contributed by atoms with Gasteiger partial charge in [0.15, 0.2) is 0 Å². The van der Waals surface area contributed by atoms with E-state index < -0.39 is 42.3 Å². The van der Waals surface area contributed by atoms with Gasteiger partial charge in [0.05, 0.1) is 12.8 Å². The van der Waals surface area contributed by atoms with Crippen LogP contribution in [0.2, 0.25) is 0 Å². The van der Waals surface area contributed by atoms with Crippen molar-refractivity contribution in [1.82, 2.24) is 0 Å². The molecule has 0 bridgehead atoms. The van der Waals surface area contributed by atoms with E-state index in [0.29, 0.717) is 6.07 Å². The van der Waals surface area contributed by atoms with Gasteiger partial charge in [0.1, 0.15) is 11.6 Å². The average molecular weight is 244 g/mol. The van der Waals surface area contributed by atoms with Crippen molar-refractivity contribution in [3.63, 3.8) is 0 Å². The highest BCUT2D eigenvalue weighted by atomic mass is 19.1. The van der Waals surface area contributed by atoms with Gasteiger partial charge in [-0.25, -0.2) is 8.78 Å². The molecule has 0 aliphatic rings. The normalized spacial score (nSPS) is 10.5. The van der Waals surface area contributed by atoms with E-state index in [-0.39, 0.29) is 5.56 Å². The molecule has 0 aromatic heterocycles.